The fourth-order valence-electron chi connectivity index (χ4n) is 1.73. The van der Waals surface area contributed by atoms with Crippen LogP contribution in [0.15, 0.2) is 46.9 Å². The van der Waals surface area contributed by atoms with Gasteiger partial charge >= 0.3 is 0 Å². The van der Waals surface area contributed by atoms with E-state index in [-0.39, 0.29) is 18.2 Å². The summed E-state index contributed by atoms with van der Waals surface area (Å²) in [6.45, 7) is 1.75. The van der Waals surface area contributed by atoms with Gasteiger partial charge in [0.25, 0.3) is 11.6 Å². The average Bonchev–Trinajstić information content (AvgIpc) is 2.49. The van der Waals surface area contributed by atoms with Crippen LogP contribution in [0.2, 0.25) is 0 Å². The van der Waals surface area contributed by atoms with Crippen molar-refractivity contribution in [2.24, 2.45) is 0 Å². The first-order chi connectivity index (χ1) is 10.5. The molecule has 2 aromatic rings. The number of halogens is 1. The van der Waals surface area contributed by atoms with Gasteiger partial charge < -0.3 is 10.1 Å². The molecule has 0 saturated heterocycles. The number of rotatable bonds is 5. The molecule has 0 aliphatic heterocycles. The topological polar surface area (TPSA) is 81.5 Å². The number of aryl methyl sites for hydroxylation is 1. The molecule has 0 atom stereocenters. The first kappa shape index (κ1) is 16.0. The summed E-state index contributed by atoms with van der Waals surface area (Å²) in [7, 11) is 0. The Hall–Kier alpha value is -2.41. The molecular weight excluding hydrogens is 352 g/mol. The third kappa shape index (κ3) is 4.29. The first-order valence-electron chi connectivity index (χ1n) is 6.39. The molecule has 0 aliphatic carbocycles. The maximum Gasteiger partial charge on any atom is 0.269 e. The third-order valence-electron chi connectivity index (χ3n) is 2.86. The number of nitro benzene ring substituents is 1. The van der Waals surface area contributed by atoms with Gasteiger partial charge in [-0.2, -0.15) is 0 Å². The molecule has 0 bridgehead atoms. The fraction of sp³-hybridized carbons (Fsp3) is 0.133. The second-order valence-corrected chi connectivity index (χ2v) is 5.41. The molecule has 7 heteroatoms. The van der Waals surface area contributed by atoms with E-state index in [0.717, 1.165) is 10.0 Å². The number of non-ortho nitro benzene ring substituents is 1. The molecule has 2 aromatic carbocycles. The van der Waals surface area contributed by atoms with Gasteiger partial charge in [0.1, 0.15) is 5.75 Å². The predicted molar refractivity (Wildman–Crippen MR) is 86.1 cm³/mol. The van der Waals surface area contributed by atoms with Crippen molar-refractivity contribution in [2.75, 3.05) is 11.9 Å². The normalized spacial score (nSPS) is 10.1. The highest BCUT2D eigenvalue weighted by Gasteiger charge is 2.07. The second kappa shape index (κ2) is 7.04. The van der Waals surface area contributed by atoms with E-state index in [2.05, 4.69) is 21.2 Å². The summed E-state index contributed by atoms with van der Waals surface area (Å²) in [5, 5.41) is 13.2. The Morgan fingerprint density at radius 1 is 1.27 bits per heavy atom. The van der Waals surface area contributed by atoms with Crippen LogP contribution in [0, 0.1) is 17.0 Å². The van der Waals surface area contributed by atoms with Crippen LogP contribution in [0.4, 0.5) is 11.4 Å². The number of carbonyl (C=O) groups excluding carboxylic acids is 1. The highest BCUT2D eigenvalue weighted by Crippen LogP contribution is 2.20. The van der Waals surface area contributed by atoms with Gasteiger partial charge in [-0.15, -0.1) is 0 Å². The Morgan fingerprint density at radius 3 is 2.55 bits per heavy atom. The van der Waals surface area contributed by atoms with Crippen molar-refractivity contribution in [3.63, 3.8) is 0 Å². The number of nitrogens with zero attached hydrogens (tertiary/aromatic N) is 1. The number of carbonyl (C=O) groups is 1. The molecule has 2 rings (SSSR count). The lowest BCUT2D eigenvalue weighted by Gasteiger charge is -2.08. The molecule has 1 N–H and O–H groups in total. The Bertz CT molecular complexity index is 701. The maximum absolute atomic E-state index is 11.8. The van der Waals surface area contributed by atoms with Crippen LogP contribution in [-0.4, -0.2) is 17.4 Å². The van der Waals surface area contributed by atoms with E-state index in [4.69, 9.17) is 4.74 Å². The molecule has 0 aliphatic rings. The quantitative estimate of drug-likeness (QED) is 0.647. The van der Waals surface area contributed by atoms with Crippen LogP contribution >= 0.6 is 15.9 Å². The number of anilines is 1. The zero-order valence-corrected chi connectivity index (χ0v) is 13.3. The Morgan fingerprint density at radius 2 is 1.95 bits per heavy atom. The molecule has 1 amide bonds. The predicted octanol–water partition coefficient (Wildman–Crippen LogP) is 3.68. The third-order valence-corrected chi connectivity index (χ3v) is 3.75. The summed E-state index contributed by atoms with van der Waals surface area (Å²) in [5.41, 5.74) is 1.66. The number of amides is 1. The number of ether oxygens (including phenoxy) is 1. The van der Waals surface area contributed by atoms with Gasteiger partial charge in [0, 0.05) is 22.3 Å². The fourth-order valence-corrected chi connectivity index (χ4v) is 1.98. The molecule has 0 unspecified atom stereocenters. The van der Waals surface area contributed by atoms with Crippen molar-refractivity contribution < 1.29 is 14.5 Å². The Labute approximate surface area is 135 Å². The van der Waals surface area contributed by atoms with Gasteiger partial charge in [-0.1, -0.05) is 15.9 Å². The van der Waals surface area contributed by atoms with Crippen LogP contribution in [0.1, 0.15) is 5.56 Å². The molecular formula is C15H13BrN2O4. The van der Waals surface area contributed by atoms with Crippen LogP contribution in [0.25, 0.3) is 0 Å². The van der Waals surface area contributed by atoms with Crippen molar-refractivity contribution in [2.45, 2.75) is 6.92 Å². The van der Waals surface area contributed by atoms with E-state index < -0.39 is 4.92 Å². The van der Waals surface area contributed by atoms with Gasteiger partial charge in [0.15, 0.2) is 6.61 Å². The molecule has 22 heavy (non-hydrogen) atoms. The number of hydrogen-bond donors (Lipinski definition) is 1. The summed E-state index contributed by atoms with van der Waals surface area (Å²) in [5.74, 6) is 0.0906. The largest absolute Gasteiger partial charge is 0.484 e. The van der Waals surface area contributed by atoms with Crippen LogP contribution in [-0.2, 0) is 4.79 Å². The molecule has 114 valence electrons. The highest BCUT2D eigenvalue weighted by molar-refractivity contribution is 9.10. The van der Waals surface area contributed by atoms with Gasteiger partial charge in [-0.05, 0) is 42.8 Å². The minimum absolute atomic E-state index is 0.0258. The van der Waals surface area contributed by atoms with E-state index in [9.17, 15) is 14.9 Å². The minimum atomic E-state index is -0.494. The molecule has 0 heterocycles. The molecule has 0 saturated carbocycles. The zero-order valence-electron chi connectivity index (χ0n) is 11.7. The van der Waals surface area contributed by atoms with E-state index in [1.807, 2.05) is 19.1 Å². The first-order valence-corrected chi connectivity index (χ1v) is 7.18. The van der Waals surface area contributed by atoms with Crippen molar-refractivity contribution in [1.29, 1.82) is 0 Å². The number of hydrogen-bond acceptors (Lipinski definition) is 4. The maximum atomic E-state index is 11.8. The van der Waals surface area contributed by atoms with Crippen molar-refractivity contribution in [3.05, 3.63) is 62.6 Å². The molecule has 0 fully saturated rings. The van der Waals surface area contributed by atoms with Gasteiger partial charge in [0.05, 0.1) is 4.92 Å². The van der Waals surface area contributed by atoms with Gasteiger partial charge in [-0.3, -0.25) is 14.9 Å². The van der Waals surface area contributed by atoms with E-state index in [1.165, 1.54) is 24.3 Å². The average molecular weight is 365 g/mol. The summed E-state index contributed by atoms with van der Waals surface area (Å²) in [6, 6.07) is 11.0. The molecule has 0 radical (unpaired) electrons. The molecule has 0 aromatic heterocycles. The van der Waals surface area contributed by atoms with Crippen molar-refractivity contribution in [3.8, 4) is 5.75 Å². The molecule has 0 spiro atoms. The summed E-state index contributed by atoms with van der Waals surface area (Å²) >= 11 is 3.39. The van der Waals surface area contributed by atoms with Crippen LogP contribution in [0.5, 0.6) is 5.75 Å². The summed E-state index contributed by atoms with van der Waals surface area (Å²) in [6.07, 6.45) is 0. The second-order valence-electron chi connectivity index (χ2n) is 4.55. The van der Waals surface area contributed by atoms with Crippen LogP contribution in [0.3, 0.4) is 0 Å². The van der Waals surface area contributed by atoms with Crippen molar-refractivity contribution >= 4 is 33.2 Å². The Kier molecular flexibility index (Phi) is 5.11. The molecule has 6 nitrogen and oxygen atoms in total. The monoisotopic (exact) mass is 364 g/mol. The SMILES string of the molecule is Cc1cc(NC(=O)COc2ccc([N+](=O)[O-])cc2)ccc1Br. The van der Waals surface area contributed by atoms with E-state index in [0.29, 0.717) is 11.4 Å². The van der Waals surface area contributed by atoms with Gasteiger partial charge in [0.2, 0.25) is 0 Å². The van der Waals surface area contributed by atoms with Crippen LogP contribution < -0.4 is 10.1 Å². The van der Waals surface area contributed by atoms with E-state index in [1.54, 1.807) is 6.07 Å². The minimum Gasteiger partial charge on any atom is -0.484 e. The lowest BCUT2D eigenvalue weighted by Crippen LogP contribution is -2.20. The summed E-state index contributed by atoms with van der Waals surface area (Å²) in [4.78, 5) is 21.8. The summed E-state index contributed by atoms with van der Waals surface area (Å²) < 4.78 is 6.25. The lowest BCUT2D eigenvalue weighted by atomic mass is 10.2. The van der Waals surface area contributed by atoms with E-state index >= 15 is 0 Å². The number of benzene rings is 2. The number of nitrogens with one attached hydrogen (secondary N) is 1. The smallest absolute Gasteiger partial charge is 0.269 e. The van der Waals surface area contributed by atoms with Gasteiger partial charge in [-0.25, -0.2) is 0 Å². The Balaban J connectivity index is 1.89. The number of nitro groups is 1. The zero-order chi connectivity index (χ0) is 16.1. The highest BCUT2D eigenvalue weighted by atomic mass is 79.9. The lowest BCUT2D eigenvalue weighted by molar-refractivity contribution is -0.384. The standard InChI is InChI=1S/C15H13BrN2O4/c1-10-8-11(2-7-14(10)16)17-15(19)9-22-13-5-3-12(4-6-13)18(20)21/h2-8H,9H2,1H3,(H,17,19). The van der Waals surface area contributed by atoms with Crippen molar-refractivity contribution in [1.82, 2.24) is 0 Å².